The number of aromatic nitrogens is 1. The number of nitrogens with zero attached hydrogens (tertiary/aromatic N) is 1. The maximum absolute atomic E-state index is 12.9. The molecule has 4 heteroatoms. The van der Waals surface area contributed by atoms with Crippen molar-refractivity contribution >= 4 is 5.91 Å². The van der Waals surface area contributed by atoms with E-state index in [-0.39, 0.29) is 11.8 Å². The number of nitrogens with one attached hydrogen (secondary N) is 1. The number of carbonyl (C=O) groups excluding carboxylic acids is 1. The molecular weight excluding hydrogens is 336 g/mol. The number of hydrogen-bond acceptors (Lipinski definition) is 3. The van der Waals surface area contributed by atoms with Gasteiger partial charge in [-0.3, -0.25) is 9.78 Å². The van der Waals surface area contributed by atoms with Crippen LogP contribution in [0.5, 0.6) is 5.75 Å². The van der Waals surface area contributed by atoms with Crippen LogP contribution in [0.3, 0.4) is 0 Å². The molecule has 1 atom stereocenters. The third kappa shape index (κ3) is 5.42. The van der Waals surface area contributed by atoms with E-state index < -0.39 is 0 Å². The largest absolute Gasteiger partial charge is 0.497 e. The van der Waals surface area contributed by atoms with E-state index >= 15 is 0 Å². The van der Waals surface area contributed by atoms with Crippen LogP contribution in [0.25, 0.3) is 0 Å². The number of benzene rings is 2. The quantitative estimate of drug-likeness (QED) is 0.665. The molecule has 0 saturated heterocycles. The van der Waals surface area contributed by atoms with Crippen molar-refractivity contribution in [3.63, 3.8) is 0 Å². The van der Waals surface area contributed by atoms with E-state index in [0.717, 1.165) is 23.3 Å². The highest BCUT2D eigenvalue weighted by Crippen LogP contribution is 2.21. The lowest BCUT2D eigenvalue weighted by molar-refractivity contribution is -0.122. The second kappa shape index (κ2) is 9.53. The zero-order chi connectivity index (χ0) is 18.9. The van der Waals surface area contributed by atoms with Crippen LogP contribution in [0.15, 0.2) is 79.1 Å². The lowest BCUT2D eigenvalue weighted by Crippen LogP contribution is -2.32. The summed E-state index contributed by atoms with van der Waals surface area (Å²) in [5.74, 6) is 0.647. The highest BCUT2D eigenvalue weighted by molar-refractivity contribution is 5.84. The lowest BCUT2D eigenvalue weighted by Gasteiger charge is -2.17. The second-order valence-corrected chi connectivity index (χ2v) is 6.42. The SMILES string of the molecule is COc1ccc(CCNC(=O)C(Cc2cccnc2)c2ccccc2)cc1. The molecule has 0 radical (unpaired) electrons. The third-order valence-corrected chi connectivity index (χ3v) is 4.55. The van der Waals surface area contributed by atoms with Gasteiger partial charge in [-0.05, 0) is 47.7 Å². The molecule has 0 spiro atoms. The van der Waals surface area contributed by atoms with Gasteiger partial charge >= 0.3 is 0 Å². The maximum Gasteiger partial charge on any atom is 0.227 e. The number of ether oxygens (including phenoxy) is 1. The predicted octanol–water partition coefficient (Wildman–Crippen LogP) is 3.78. The average molecular weight is 360 g/mol. The van der Waals surface area contributed by atoms with Crippen LogP contribution < -0.4 is 10.1 Å². The minimum atomic E-state index is -0.230. The number of pyridine rings is 1. The van der Waals surface area contributed by atoms with Crippen LogP contribution >= 0.6 is 0 Å². The normalized spacial score (nSPS) is 11.6. The molecule has 27 heavy (non-hydrogen) atoms. The molecule has 4 nitrogen and oxygen atoms in total. The molecule has 0 saturated carbocycles. The number of amides is 1. The molecule has 0 aliphatic heterocycles. The van der Waals surface area contributed by atoms with Crippen LogP contribution in [0, 0.1) is 0 Å². The van der Waals surface area contributed by atoms with Crippen molar-refractivity contribution in [3.05, 3.63) is 95.8 Å². The molecule has 2 aromatic carbocycles. The van der Waals surface area contributed by atoms with Crippen molar-refractivity contribution < 1.29 is 9.53 Å². The summed E-state index contributed by atoms with van der Waals surface area (Å²) in [6.07, 6.45) is 4.98. The second-order valence-electron chi connectivity index (χ2n) is 6.42. The maximum atomic E-state index is 12.9. The van der Waals surface area contributed by atoms with Crippen molar-refractivity contribution in [1.82, 2.24) is 10.3 Å². The molecule has 1 heterocycles. The Morgan fingerprint density at radius 2 is 1.78 bits per heavy atom. The Kier molecular flexibility index (Phi) is 6.58. The summed E-state index contributed by atoms with van der Waals surface area (Å²) in [6.45, 7) is 0.599. The highest BCUT2D eigenvalue weighted by atomic mass is 16.5. The Bertz CT molecular complexity index is 833. The van der Waals surface area contributed by atoms with Crippen LogP contribution in [-0.2, 0) is 17.6 Å². The molecule has 1 aromatic heterocycles. The van der Waals surface area contributed by atoms with Crippen LogP contribution in [-0.4, -0.2) is 24.5 Å². The van der Waals surface area contributed by atoms with E-state index in [1.807, 2.05) is 72.9 Å². The van der Waals surface area contributed by atoms with Crippen molar-refractivity contribution in [3.8, 4) is 5.75 Å². The zero-order valence-corrected chi connectivity index (χ0v) is 15.5. The molecular formula is C23H24N2O2. The zero-order valence-electron chi connectivity index (χ0n) is 15.5. The molecule has 0 bridgehead atoms. The fourth-order valence-electron chi connectivity index (χ4n) is 3.05. The standard InChI is InChI=1S/C23H24N2O2/c1-27-21-11-9-18(10-12-21)13-15-25-23(26)22(20-7-3-2-4-8-20)16-19-6-5-14-24-17-19/h2-12,14,17,22H,13,15-16H2,1H3,(H,25,26). The van der Waals surface area contributed by atoms with E-state index in [2.05, 4.69) is 10.3 Å². The van der Waals surface area contributed by atoms with Gasteiger partial charge in [-0.15, -0.1) is 0 Å². The highest BCUT2D eigenvalue weighted by Gasteiger charge is 2.20. The summed E-state index contributed by atoms with van der Waals surface area (Å²) < 4.78 is 5.17. The number of methoxy groups -OCH3 is 1. The molecule has 3 rings (SSSR count). The third-order valence-electron chi connectivity index (χ3n) is 4.55. The van der Waals surface area contributed by atoms with Crippen molar-refractivity contribution in [2.45, 2.75) is 18.8 Å². The van der Waals surface area contributed by atoms with Crippen molar-refractivity contribution in [2.75, 3.05) is 13.7 Å². The topological polar surface area (TPSA) is 51.2 Å². The van der Waals surface area contributed by atoms with Gasteiger partial charge in [-0.25, -0.2) is 0 Å². The summed E-state index contributed by atoms with van der Waals surface area (Å²) in [6, 6.07) is 21.7. The molecule has 1 amide bonds. The van der Waals surface area contributed by atoms with Crippen molar-refractivity contribution in [2.24, 2.45) is 0 Å². The summed E-state index contributed by atoms with van der Waals surface area (Å²) in [5, 5.41) is 3.09. The molecule has 1 unspecified atom stereocenters. The fraction of sp³-hybridized carbons (Fsp3) is 0.217. The molecule has 3 aromatic rings. The van der Waals surface area contributed by atoms with E-state index in [4.69, 9.17) is 4.74 Å². The first-order valence-electron chi connectivity index (χ1n) is 9.11. The number of rotatable bonds is 8. The van der Waals surface area contributed by atoms with Crippen molar-refractivity contribution in [1.29, 1.82) is 0 Å². The first kappa shape index (κ1) is 18.6. The van der Waals surface area contributed by atoms with Crippen LogP contribution in [0.4, 0.5) is 0 Å². The van der Waals surface area contributed by atoms with E-state index in [0.29, 0.717) is 13.0 Å². The Morgan fingerprint density at radius 3 is 2.44 bits per heavy atom. The molecule has 0 fully saturated rings. The van der Waals surface area contributed by atoms with Gasteiger partial charge in [0.15, 0.2) is 0 Å². The average Bonchev–Trinajstić information content (AvgIpc) is 2.74. The van der Waals surface area contributed by atoms with Gasteiger partial charge in [0.25, 0.3) is 0 Å². The van der Waals surface area contributed by atoms with E-state index in [1.54, 1.807) is 13.3 Å². The van der Waals surface area contributed by atoms with Gasteiger partial charge in [0.2, 0.25) is 5.91 Å². The van der Waals surface area contributed by atoms with Gasteiger partial charge in [-0.1, -0.05) is 48.5 Å². The van der Waals surface area contributed by atoms with E-state index in [1.165, 1.54) is 5.56 Å². The monoisotopic (exact) mass is 360 g/mol. The molecule has 138 valence electrons. The van der Waals surface area contributed by atoms with Gasteiger partial charge < -0.3 is 10.1 Å². The van der Waals surface area contributed by atoms with Gasteiger partial charge in [-0.2, -0.15) is 0 Å². The summed E-state index contributed by atoms with van der Waals surface area (Å²) >= 11 is 0. The first-order chi connectivity index (χ1) is 13.3. The number of carbonyl (C=O) groups is 1. The smallest absolute Gasteiger partial charge is 0.227 e. The fourth-order valence-corrected chi connectivity index (χ4v) is 3.05. The lowest BCUT2D eigenvalue weighted by atomic mass is 9.91. The van der Waals surface area contributed by atoms with Gasteiger partial charge in [0.1, 0.15) is 5.75 Å². The van der Waals surface area contributed by atoms with Gasteiger partial charge in [0.05, 0.1) is 13.0 Å². The van der Waals surface area contributed by atoms with Gasteiger partial charge in [0, 0.05) is 18.9 Å². The minimum absolute atomic E-state index is 0.0403. The summed E-state index contributed by atoms with van der Waals surface area (Å²) in [5.41, 5.74) is 3.24. The minimum Gasteiger partial charge on any atom is -0.497 e. The Morgan fingerprint density at radius 1 is 1.00 bits per heavy atom. The molecule has 0 aliphatic rings. The summed E-state index contributed by atoms with van der Waals surface area (Å²) in [7, 11) is 1.65. The first-order valence-corrected chi connectivity index (χ1v) is 9.11. The van der Waals surface area contributed by atoms with Crippen LogP contribution in [0.1, 0.15) is 22.6 Å². The molecule has 0 aliphatic carbocycles. The Hall–Kier alpha value is -3.14. The summed E-state index contributed by atoms with van der Waals surface area (Å²) in [4.78, 5) is 17.1. The Labute approximate surface area is 160 Å². The van der Waals surface area contributed by atoms with E-state index in [9.17, 15) is 4.79 Å². The number of hydrogen-bond donors (Lipinski definition) is 1. The Balaban J connectivity index is 1.63. The molecule has 1 N–H and O–H groups in total. The predicted molar refractivity (Wildman–Crippen MR) is 107 cm³/mol. The van der Waals surface area contributed by atoms with Crippen LogP contribution in [0.2, 0.25) is 0 Å².